The summed E-state index contributed by atoms with van der Waals surface area (Å²) in [5.74, 6) is -0.0399. The predicted molar refractivity (Wildman–Crippen MR) is 63.0 cm³/mol. The first-order valence-corrected chi connectivity index (χ1v) is 5.57. The Labute approximate surface area is 97.6 Å². The van der Waals surface area contributed by atoms with Crippen LogP contribution >= 0.6 is 0 Å². The highest BCUT2D eigenvalue weighted by molar-refractivity contribution is 5.76. The molecule has 0 spiro atoms. The first kappa shape index (κ1) is 15.3. The number of carbonyl (C=O) groups is 1. The largest absolute Gasteiger partial charge is 0.389 e. The predicted octanol–water partition coefficient (Wildman–Crippen LogP) is -0.0304. The first-order chi connectivity index (χ1) is 7.34. The van der Waals surface area contributed by atoms with Crippen molar-refractivity contribution >= 4 is 5.91 Å². The fourth-order valence-corrected chi connectivity index (χ4v) is 1.43. The van der Waals surface area contributed by atoms with Crippen molar-refractivity contribution in [1.82, 2.24) is 4.90 Å². The molecule has 0 aromatic carbocycles. The summed E-state index contributed by atoms with van der Waals surface area (Å²) >= 11 is 0. The molecular weight excluding hydrogens is 208 g/mol. The molecule has 96 valence electrons. The summed E-state index contributed by atoms with van der Waals surface area (Å²) < 4.78 is 5.06. The Morgan fingerprint density at radius 2 is 2.12 bits per heavy atom. The van der Waals surface area contributed by atoms with Gasteiger partial charge in [-0.25, -0.2) is 0 Å². The van der Waals surface area contributed by atoms with Crippen molar-refractivity contribution in [3.63, 3.8) is 0 Å². The summed E-state index contributed by atoms with van der Waals surface area (Å²) in [6.07, 6.45) is 0.0139. The normalized spacial score (nSPS) is 13.6. The van der Waals surface area contributed by atoms with Crippen LogP contribution in [0.5, 0.6) is 0 Å². The maximum absolute atomic E-state index is 11.9. The zero-order valence-electron chi connectivity index (χ0n) is 10.7. The molecule has 1 amide bonds. The number of nitrogens with zero attached hydrogens (tertiary/aromatic N) is 1. The molecule has 0 bridgehead atoms. The Morgan fingerprint density at radius 3 is 2.44 bits per heavy atom. The van der Waals surface area contributed by atoms with Crippen LogP contribution in [-0.4, -0.2) is 54.4 Å². The topological polar surface area (TPSA) is 75.8 Å². The molecule has 0 saturated heterocycles. The van der Waals surface area contributed by atoms with Crippen molar-refractivity contribution in [2.75, 3.05) is 26.7 Å². The highest BCUT2D eigenvalue weighted by Gasteiger charge is 2.23. The molecule has 0 fully saturated rings. The minimum atomic E-state index is -0.878. The van der Waals surface area contributed by atoms with E-state index in [0.29, 0.717) is 19.6 Å². The molecule has 0 aliphatic heterocycles. The van der Waals surface area contributed by atoms with Gasteiger partial charge < -0.3 is 20.5 Å². The van der Waals surface area contributed by atoms with E-state index in [4.69, 9.17) is 10.5 Å². The molecule has 0 aliphatic rings. The summed E-state index contributed by atoms with van der Waals surface area (Å²) in [4.78, 5) is 13.5. The lowest BCUT2D eigenvalue weighted by atomic mass is 10.1. The number of amides is 1. The Bertz CT molecular complexity index is 210. The third kappa shape index (κ3) is 6.05. The van der Waals surface area contributed by atoms with Gasteiger partial charge in [-0.1, -0.05) is 0 Å². The van der Waals surface area contributed by atoms with Gasteiger partial charge in [0.25, 0.3) is 0 Å². The minimum absolute atomic E-state index is 0.0399. The summed E-state index contributed by atoms with van der Waals surface area (Å²) in [6, 6.07) is 0. The second-order valence-corrected chi connectivity index (χ2v) is 4.52. The van der Waals surface area contributed by atoms with Gasteiger partial charge in [-0.3, -0.25) is 4.79 Å². The third-order valence-corrected chi connectivity index (χ3v) is 2.31. The highest BCUT2D eigenvalue weighted by atomic mass is 16.5. The Hall–Kier alpha value is -0.650. The van der Waals surface area contributed by atoms with E-state index < -0.39 is 5.60 Å². The van der Waals surface area contributed by atoms with Crippen LogP contribution in [0.2, 0.25) is 0 Å². The van der Waals surface area contributed by atoms with Gasteiger partial charge >= 0.3 is 0 Å². The molecule has 0 heterocycles. The third-order valence-electron chi connectivity index (χ3n) is 2.31. The lowest BCUT2D eigenvalue weighted by molar-refractivity contribution is -0.136. The van der Waals surface area contributed by atoms with Gasteiger partial charge in [0.15, 0.2) is 0 Å². The average molecular weight is 232 g/mol. The number of ether oxygens (including phenoxy) is 1. The maximum Gasteiger partial charge on any atom is 0.225 e. The lowest BCUT2D eigenvalue weighted by Gasteiger charge is -2.29. The van der Waals surface area contributed by atoms with Crippen molar-refractivity contribution in [3.8, 4) is 0 Å². The van der Waals surface area contributed by atoms with Gasteiger partial charge in [0.05, 0.1) is 18.1 Å². The molecule has 1 atom stereocenters. The molecule has 5 heteroatoms. The van der Waals surface area contributed by atoms with Crippen molar-refractivity contribution in [1.29, 1.82) is 0 Å². The zero-order chi connectivity index (χ0) is 12.8. The van der Waals surface area contributed by atoms with E-state index in [0.717, 1.165) is 0 Å². The molecule has 1 unspecified atom stereocenters. The van der Waals surface area contributed by atoms with Crippen LogP contribution in [0.4, 0.5) is 0 Å². The molecule has 0 aromatic rings. The Kier molecular flexibility index (Phi) is 6.55. The van der Waals surface area contributed by atoms with Crippen LogP contribution in [0.15, 0.2) is 0 Å². The van der Waals surface area contributed by atoms with Crippen molar-refractivity contribution < 1.29 is 14.6 Å². The molecule has 5 nitrogen and oxygen atoms in total. The van der Waals surface area contributed by atoms with Gasteiger partial charge in [0.2, 0.25) is 5.91 Å². The molecule has 16 heavy (non-hydrogen) atoms. The lowest BCUT2D eigenvalue weighted by Crippen LogP contribution is -2.43. The smallest absolute Gasteiger partial charge is 0.225 e. The minimum Gasteiger partial charge on any atom is -0.389 e. The Morgan fingerprint density at radius 1 is 1.56 bits per heavy atom. The van der Waals surface area contributed by atoms with Crippen LogP contribution in [0.1, 0.15) is 27.2 Å². The number of hydrogen-bond donors (Lipinski definition) is 2. The van der Waals surface area contributed by atoms with Gasteiger partial charge in [-0.15, -0.1) is 0 Å². The quantitative estimate of drug-likeness (QED) is 0.646. The van der Waals surface area contributed by atoms with Gasteiger partial charge in [0, 0.05) is 26.7 Å². The van der Waals surface area contributed by atoms with E-state index in [1.165, 1.54) is 7.11 Å². The number of nitrogens with two attached hydrogens (primary N) is 1. The molecule has 0 aromatic heterocycles. The van der Waals surface area contributed by atoms with E-state index in [2.05, 4.69) is 0 Å². The van der Waals surface area contributed by atoms with Crippen LogP contribution in [0.25, 0.3) is 0 Å². The fraction of sp³-hybridized carbons (Fsp3) is 0.909. The van der Waals surface area contributed by atoms with Crippen LogP contribution in [0, 0.1) is 0 Å². The number of hydrogen-bond acceptors (Lipinski definition) is 4. The molecule has 0 saturated carbocycles. The molecule has 3 N–H and O–H groups in total. The second-order valence-electron chi connectivity index (χ2n) is 4.52. The van der Waals surface area contributed by atoms with E-state index >= 15 is 0 Å². The Balaban J connectivity index is 4.31. The summed E-state index contributed by atoms with van der Waals surface area (Å²) in [5.41, 5.74) is 4.58. The van der Waals surface area contributed by atoms with E-state index in [9.17, 15) is 9.90 Å². The summed E-state index contributed by atoms with van der Waals surface area (Å²) in [5, 5.41) is 9.67. The fourth-order valence-electron chi connectivity index (χ4n) is 1.43. The molecular formula is C11H24N2O3. The number of methoxy groups -OCH3 is 1. The molecule has 0 aliphatic carbocycles. The van der Waals surface area contributed by atoms with Crippen LogP contribution in [0.3, 0.4) is 0 Å². The highest BCUT2D eigenvalue weighted by Crippen LogP contribution is 2.08. The number of rotatable bonds is 7. The van der Waals surface area contributed by atoms with Crippen molar-refractivity contribution in [2.45, 2.75) is 38.9 Å². The van der Waals surface area contributed by atoms with E-state index in [-0.39, 0.29) is 18.4 Å². The van der Waals surface area contributed by atoms with E-state index in [1.54, 1.807) is 18.7 Å². The molecule has 0 rings (SSSR count). The van der Waals surface area contributed by atoms with Crippen LogP contribution < -0.4 is 5.73 Å². The molecule has 0 radical (unpaired) electrons. The van der Waals surface area contributed by atoms with Crippen molar-refractivity contribution in [3.05, 3.63) is 0 Å². The zero-order valence-corrected chi connectivity index (χ0v) is 10.7. The standard InChI is InChI=1S/C11H24N2O3/c1-5-13(8-11(2,3)15)10(14)6-9(7-12)16-4/h9,15H,5-8,12H2,1-4H3. The van der Waals surface area contributed by atoms with Gasteiger partial charge in [-0.05, 0) is 20.8 Å². The number of likely N-dealkylation sites (N-methyl/N-ethyl adjacent to an activating group) is 1. The number of aliphatic hydroxyl groups is 1. The summed E-state index contributed by atoms with van der Waals surface area (Å²) in [7, 11) is 1.54. The van der Waals surface area contributed by atoms with E-state index in [1.807, 2.05) is 6.92 Å². The van der Waals surface area contributed by atoms with Crippen molar-refractivity contribution in [2.24, 2.45) is 5.73 Å². The maximum atomic E-state index is 11.9. The summed E-state index contributed by atoms with van der Waals surface area (Å²) in [6.45, 7) is 6.46. The van der Waals surface area contributed by atoms with Crippen LogP contribution in [-0.2, 0) is 9.53 Å². The number of carbonyl (C=O) groups excluding carboxylic acids is 1. The SMILES string of the molecule is CCN(CC(C)(C)O)C(=O)CC(CN)OC. The second kappa shape index (κ2) is 6.83. The first-order valence-electron chi connectivity index (χ1n) is 5.57. The van der Waals surface area contributed by atoms with Gasteiger partial charge in [-0.2, -0.15) is 0 Å². The average Bonchev–Trinajstić information content (AvgIpc) is 2.20. The monoisotopic (exact) mass is 232 g/mol. The van der Waals surface area contributed by atoms with Gasteiger partial charge in [0.1, 0.15) is 0 Å².